The number of methoxy groups -OCH3 is 1. The summed E-state index contributed by atoms with van der Waals surface area (Å²) < 4.78 is 13.3. The van der Waals surface area contributed by atoms with Crippen molar-refractivity contribution in [3.8, 4) is 11.5 Å². The van der Waals surface area contributed by atoms with Crippen LogP contribution >= 0.6 is 0 Å². The summed E-state index contributed by atoms with van der Waals surface area (Å²) in [5.74, 6) is 0.440. The number of nitrogens with zero attached hydrogens (tertiary/aromatic N) is 4. The molecule has 0 aliphatic rings. The summed E-state index contributed by atoms with van der Waals surface area (Å²) in [5.41, 5.74) is 2.18. The van der Waals surface area contributed by atoms with Crippen LogP contribution in [0.15, 0.2) is 41.6 Å². The Hall–Kier alpha value is -3.36. The first kappa shape index (κ1) is 18.4. The van der Waals surface area contributed by atoms with E-state index in [0.29, 0.717) is 22.5 Å². The van der Waals surface area contributed by atoms with Crippen molar-refractivity contribution in [2.75, 3.05) is 19.1 Å². The Labute approximate surface area is 155 Å². The predicted molar refractivity (Wildman–Crippen MR) is 99.6 cm³/mol. The molecule has 3 aromatic rings. The fourth-order valence-electron chi connectivity index (χ4n) is 2.53. The smallest absolute Gasteiger partial charge is 0.283 e. The van der Waals surface area contributed by atoms with Gasteiger partial charge in [-0.25, -0.2) is 14.3 Å². The number of ether oxygens (including phenoxy) is 2. The van der Waals surface area contributed by atoms with Crippen LogP contribution < -0.4 is 20.5 Å². The fraction of sp³-hybridized carbons (Fsp3) is 0.333. The van der Waals surface area contributed by atoms with E-state index in [1.165, 1.54) is 19.6 Å². The first-order valence-corrected chi connectivity index (χ1v) is 8.33. The maximum Gasteiger partial charge on any atom is 0.283 e. The largest absolute Gasteiger partial charge is 0.493 e. The van der Waals surface area contributed by atoms with Crippen LogP contribution in [0, 0.1) is 0 Å². The number of para-hydroxylation sites is 2. The van der Waals surface area contributed by atoms with Gasteiger partial charge in [-0.1, -0.05) is 12.1 Å². The Balaban J connectivity index is 1.76. The van der Waals surface area contributed by atoms with Crippen molar-refractivity contribution in [2.24, 2.45) is 0 Å². The molecule has 0 unspecified atom stereocenters. The molecule has 0 bridgehead atoms. The van der Waals surface area contributed by atoms with E-state index in [1.807, 2.05) is 20.8 Å². The Morgan fingerprint density at radius 1 is 1.22 bits per heavy atom. The summed E-state index contributed by atoms with van der Waals surface area (Å²) in [5, 5.41) is 4.55. The van der Waals surface area contributed by atoms with Crippen LogP contribution in [0.5, 0.6) is 11.5 Å². The normalized spacial score (nSPS) is 11.4. The zero-order valence-electron chi connectivity index (χ0n) is 15.6. The van der Waals surface area contributed by atoms with E-state index < -0.39 is 11.5 Å². The minimum atomic E-state index is -0.507. The molecule has 0 aliphatic heterocycles. The number of amides is 1. The van der Waals surface area contributed by atoms with Gasteiger partial charge in [0.05, 0.1) is 18.8 Å². The lowest BCUT2D eigenvalue weighted by molar-refractivity contribution is -0.119. The molecule has 0 spiro atoms. The van der Waals surface area contributed by atoms with Crippen molar-refractivity contribution in [2.45, 2.75) is 26.3 Å². The minimum absolute atomic E-state index is 0.286. The van der Waals surface area contributed by atoms with Crippen molar-refractivity contribution in [3.63, 3.8) is 0 Å². The molecule has 9 nitrogen and oxygen atoms in total. The number of aromatic nitrogens is 4. The van der Waals surface area contributed by atoms with Crippen LogP contribution in [-0.4, -0.2) is 39.1 Å². The summed E-state index contributed by atoms with van der Waals surface area (Å²) in [7, 11) is 1.51. The van der Waals surface area contributed by atoms with E-state index in [0.717, 1.165) is 4.68 Å². The van der Waals surface area contributed by atoms with Crippen molar-refractivity contribution in [3.05, 3.63) is 47.1 Å². The Bertz CT molecular complexity index is 1030. The van der Waals surface area contributed by atoms with E-state index in [9.17, 15) is 9.59 Å². The lowest BCUT2D eigenvalue weighted by Crippen LogP contribution is -2.36. The lowest BCUT2D eigenvalue weighted by atomic mass is 10.1. The highest BCUT2D eigenvalue weighted by Gasteiger charge is 2.20. The molecule has 1 N–H and O–H groups in total. The average Bonchev–Trinajstić information content (AvgIpc) is 3.08. The Kier molecular flexibility index (Phi) is 4.85. The van der Waals surface area contributed by atoms with Crippen LogP contribution in [0.4, 0.5) is 0 Å². The third-order valence-corrected chi connectivity index (χ3v) is 3.80. The fourth-order valence-corrected chi connectivity index (χ4v) is 2.53. The second-order valence-electron chi connectivity index (χ2n) is 6.86. The van der Waals surface area contributed by atoms with E-state index in [2.05, 4.69) is 15.5 Å². The number of rotatable bonds is 5. The summed E-state index contributed by atoms with van der Waals surface area (Å²) in [4.78, 5) is 29.0. The molecule has 2 aromatic heterocycles. The molecule has 0 saturated heterocycles. The van der Waals surface area contributed by atoms with Crippen LogP contribution in [0.25, 0.3) is 11.0 Å². The van der Waals surface area contributed by atoms with Gasteiger partial charge in [-0.3, -0.25) is 15.0 Å². The molecule has 142 valence electrons. The summed E-state index contributed by atoms with van der Waals surface area (Å²) >= 11 is 0. The average molecular weight is 371 g/mol. The van der Waals surface area contributed by atoms with Crippen LogP contribution in [-0.2, 0) is 10.3 Å². The monoisotopic (exact) mass is 371 g/mol. The topological polar surface area (TPSA) is 100 Å². The highest BCUT2D eigenvalue weighted by molar-refractivity contribution is 5.85. The molecule has 0 fully saturated rings. The van der Waals surface area contributed by atoms with Crippen molar-refractivity contribution >= 4 is 16.9 Å². The second-order valence-corrected chi connectivity index (χ2v) is 6.86. The number of hydrogen-bond acceptors (Lipinski definition) is 6. The molecular weight excluding hydrogens is 350 g/mol. The van der Waals surface area contributed by atoms with Gasteiger partial charge >= 0.3 is 0 Å². The Morgan fingerprint density at radius 3 is 2.59 bits per heavy atom. The highest BCUT2D eigenvalue weighted by atomic mass is 16.5. The number of fused-ring (bicyclic) bond motifs is 1. The first-order chi connectivity index (χ1) is 12.8. The molecule has 0 radical (unpaired) electrons. The van der Waals surface area contributed by atoms with Gasteiger partial charge in [0.25, 0.3) is 11.5 Å². The van der Waals surface area contributed by atoms with Gasteiger partial charge in [-0.15, -0.1) is 0 Å². The van der Waals surface area contributed by atoms with Crippen molar-refractivity contribution in [1.82, 2.24) is 19.4 Å². The van der Waals surface area contributed by atoms with Gasteiger partial charge in [0, 0.05) is 0 Å². The van der Waals surface area contributed by atoms with Crippen LogP contribution in [0.3, 0.4) is 0 Å². The van der Waals surface area contributed by atoms with Gasteiger partial charge in [0.1, 0.15) is 11.7 Å². The maximum absolute atomic E-state index is 12.6. The van der Waals surface area contributed by atoms with Gasteiger partial charge in [0.2, 0.25) is 0 Å². The van der Waals surface area contributed by atoms with Crippen molar-refractivity contribution in [1.29, 1.82) is 0 Å². The van der Waals surface area contributed by atoms with E-state index in [1.54, 1.807) is 28.9 Å². The third kappa shape index (κ3) is 3.76. The standard InChI is InChI=1S/C18H21N5O4/c1-18(2,3)23-16-12(9-20-23)17(25)22(11-19-16)21-15(24)10-27-14-8-6-5-7-13(14)26-4/h5-9,11H,10H2,1-4H3,(H,21,24). The van der Waals surface area contributed by atoms with Crippen LogP contribution in [0.1, 0.15) is 20.8 Å². The summed E-state index contributed by atoms with van der Waals surface area (Å²) in [6, 6.07) is 6.98. The third-order valence-electron chi connectivity index (χ3n) is 3.80. The number of benzene rings is 1. The second kappa shape index (κ2) is 7.10. The molecule has 1 aromatic carbocycles. The quantitative estimate of drug-likeness (QED) is 0.730. The minimum Gasteiger partial charge on any atom is -0.493 e. The lowest BCUT2D eigenvalue weighted by Gasteiger charge is -2.19. The summed E-state index contributed by atoms with van der Waals surface area (Å²) in [6.07, 6.45) is 2.71. The van der Waals surface area contributed by atoms with Gasteiger partial charge in [0.15, 0.2) is 23.8 Å². The molecule has 1 amide bonds. The van der Waals surface area contributed by atoms with Crippen molar-refractivity contribution < 1.29 is 14.3 Å². The van der Waals surface area contributed by atoms with E-state index in [4.69, 9.17) is 9.47 Å². The SMILES string of the molecule is COc1ccccc1OCC(=O)Nn1cnc2c(cnn2C(C)(C)C)c1=O. The molecular formula is C18H21N5O4. The molecule has 27 heavy (non-hydrogen) atoms. The molecule has 3 rings (SSSR count). The molecule has 0 atom stereocenters. The highest BCUT2D eigenvalue weighted by Crippen LogP contribution is 2.25. The van der Waals surface area contributed by atoms with Gasteiger partial charge in [-0.2, -0.15) is 5.10 Å². The van der Waals surface area contributed by atoms with Crippen LogP contribution in [0.2, 0.25) is 0 Å². The van der Waals surface area contributed by atoms with Gasteiger partial charge < -0.3 is 9.47 Å². The van der Waals surface area contributed by atoms with E-state index >= 15 is 0 Å². The Morgan fingerprint density at radius 2 is 1.93 bits per heavy atom. The maximum atomic E-state index is 12.6. The number of hydrogen-bond donors (Lipinski definition) is 1. The number of carbonyl (C=O) groups is 1. The number of carbonyl (C=O) groups excluding carboxylic acids is 1. The first-order valence-electron chi connectivity index (χ1n) is 8.33. The molecule has 0 saturated carbocycles. The molecule has 9 heteroatoms. The van der Waals surface area contributed by atoms with Gasteiger partial charge in [-0.05, 0) is 32.9 Å². The van der Waals surface area contributed by atoms with E-state index in [-0.39, 0.29) is 12.1 Å². The zero-order chi connectivity index (χ0) is 19.6. The molecule has 0 aliphatic carbocycles. The number of nitrogens with one attached hydrogen (secondary N) is 1. The summed E-state index contributed by atoms with van der Waals surface area (Å²) in [6.45, 7) is 5.60. The predicted octanol–water partition coefficient (Wildman–Crippen LogP) is 1.51. The molecule has 2 heterocycles. The zero-order valence-corrected chi connectivity index (χ0v) is 15.6.